The first kappa shape index (κ1) is 23.6. The van der Waals surface area contributed by atoms with Crippen molar-refractivity contribution in [2.45, 2.75) is 38.9 Å². The third kappa shape index (κ3) is 5.69. The summed E-state index contributed by atoms with van der Waals surface area (Å²) in [6, 6.07) is 21.5. The quantitative estimate of drug-likeness (QED) is 0.456. The summed E-state index contributed by atoms with van der Waals surface area (Å²) in [5.41, 5.74) is 2.54. The van der Waals surface area contributed by atoms with Gasteiger partial charge in [0.2, 0.25) is 18.6 Å². The number of hydrogen-bond acceptors (Lipinski definition) is 4. The van der Waals surface area contributed by atoms with Crippen LogP contribution in [0.15, 0.2) is 72.8 Å². The number of fused-ring (bicyclic) bond motifs is 1. The van der Waals surface area contributed by atoms with Crippen molar-refractivity contribution >= 4 is 23.4 Å². The maximum atomic E-state index is 13.6. The minimum atomic E-state index is -0.773. The normalized spacial score (nSPS) is 12.8. The number of carbonyl (C=O) groups is 2. The topological polar surface area (TPSA) is 67.9 Å². The molecule has 0 bridgehead atoms. The van der Waals surface area contributed by atoms with Crippen LogP contribution in [0.2, 0.25) is 5.02 Å². The van der Waals surface area contributed by atoms with Crippen LogP contribution in [0, 0.1) is 0 Å². The molecule has 176 valence electrons. The van der Waals surface area contributed by atoms with Crippen molar-refractivity contribution in [2.75, 3.05) is 6.79 Å². The molecule has 7 heteroatoms. The van der Waals surface area contributed by atoms with E-state index in [2.05, 4.69) is 5.32 Å². The summed E-state index contributed by atoms with van der Waals surface area (Å²) < 4.78 is 10.8. The molecule has 1 atom stereocenters. The van der Waals surface area contributed by atoms with Gasteiger partial charge in [-0.25, -0.2) is 0 Å². The molecule has 0 aliphatic carbocycles. The van der Waals surface area contributed by atoms with Crippen LogP contribution in [0.1, 0.15) is 42.5 Å². The summed E-state index contributed by atoms with van der Waals surface area (Å²) in [6.07, 6.45) is 1.04. The number of halogens is 1. The zero-order valence-corrected chi connectivity index (χ0v) is 19.8. The Bertz CT molecular complexity index is 1140. The van der Waals surface area contributed by atoms with Gasteiger partial charge >= 0.3 is 0 Å². The summed E-state index contributed by atoms with van der Waals surface area (Å²) in [5, 5.41) is 3.63. The molecule has 0 aromatic heterocycles. The molecule has 1 aliphatic rings. The van der Waals surface area contributed by atoms with E-state index in [4.69, 9.17) is 21.1 Å². The first-order valence-corrected chi connectivity index (χ1v) is 11.7. The molecule has 0 saturated heterocycles. The summed E-state index contributed by atoms with van der Waals surface area (Å²) in [4.78, 5) is 28.4. The van der Waals surface area contributed by atoms with E-state index in [1.165, 1.54) is 0 Å². The van der Waals surface area contributed by atoms with E-state index in [1.54, 1.807) is 17.0 Å². The molecule has 2 amide bonds. The lowest BCUT2D eigenvalue weighted by atomic mass is 10.0. The average molecular weight is 479 g/mol. The van der Waals surface area contributed by atoms with Crippen LogP contribution in [0.3, 0.4) is 0 Å². The fraction of sp³-hybridized carbons (Fsp3) is 0.259. The van der Waals surface area contributed by atoms with Crippen molar-refractivity contribution in [3.8, 4) is 11.5 Å². The largest absolute Gasteiger partial charge is 0.454 e. The Hall–Kier alpha value is -3.51. The van der Waals surface area contributed by atoms with Crippen LogP contribution >= 0.6 is 11.6 Å². The van der Waals surface area contributed by atoms with Gasteiger partial charge in [0.1, 0.15) is 6.04 Å². The van der Waals surface area contributed by atoms with Gasteiger partial charge in [0.05, 0.1) is 0 Å². The number of nitrogens with zero attached hydrogens (tertiary/aromatic N) is 1. The zero-order chi connectivity index (χ0) is 23.9. The minimum Gasteiger partial charge on any atom is -0.454 e. The molecule has 6 nitrogen and oxygen atoms in total. The van der Waals surface area contributed by atoms with Crippen LogP contribution < -0.4 is 14.8 Å². The van der Waals surface area contributed by atoms with Crippen LogP contribution in [0.5, 0.6) is 11.5 Å². The molecular formula is C27H27ClN2O4. The number of ether oxygens (including phenoxy) is 2. The molecule has 1 N–H and O–H groups in total. The molecule has 1 aliphatic heterocycles. The van der Waals surface area contributed by atoms with E-state index in [0.29, 0.717) is 42.5 Å². The minimum absolute atomic E-state index is 0.0791. The summed E-state index contributed by atoms with van der Waals surface area (Å²) >= 11 is 6.04. The highest BCUT2D eigenvalue weighted by atomic mass is 35.5. The molecule has 0 spiro atoms. The molecule has 4 rings (SSSR count). The number of amides is 2. The number of hydrogen-bond donors (Lipinski definition) is 1. The van der Waals surface area contributed by atoms with Gasteiger partial charge < -0.3 is 19.7 Å². The summed E-state index contributed by atoms with van der Waals surface area (Å²) in [5.74, 6) is 1.03. The van der Waals surface area contributed by atoms with Gasteiger partial charge in [-0.2, -0.15) is 0 Å². The second kappa shape index (κ2) is 11.1. The maximum Gasteiger partial charge on any atom is 0.247 e. The molecule has 0 unspecified atom stereocenters. The Kier molecular flexibility index (Phi) is 7.70. The molecule has 0 fully saturated rings. The second-order valence-corrected chi connectivity index (χ2v) is 8.55. The predicted octanol–water partition coefficient (Wildman–Crippen LogP) is 5.26. The lowest BCUT2D eigenvalue weighted by Gasteiger charge is -2.31. The van der Waals surface area contributed by atoms with Crippen LogP contribution in [0.4, 0.5) is 0 Å². The van der Waals surface area contributed by atoms with Crippen molar-refractivity contribution in [2.24, 2.45) is 0 Å². The lowest BCUT2D eigenvalue weighted by Crippen LogP contribution is -2.43. The number of nitrogens with one attached hydrogen (secondary N) is 1. The highest BCUT2D eigenvalue weighted by Crippen LogP contribution is 2.32. The van der Waals surface area contributed by atoms with E-state index in [1.807, 2.05) is 67.6 Å². The van der Waals surface area contributed by atoms with E-state index in [-0.39, 0.29) is 18.6 Å². The van der Waals surface area contributed by atoms with Crippen LogP contribution in [-0.4, -0.2) is 23.5 Å². The smallest absolute Gasteiger partial charge is 0.247 e. The third-order valence-electron chi connectivity index (χ3n) is 5.63. The Morgan fingerprint density at radius 2 is 1.68 bits per heavy atom. The highest BCUT2D eigenvalue weighted by Gasteiger charge is 2.31. The first-order chi connectivity index (χ1) is 16.5. The lowest BCUT2D eigenvalue weighted by molar-refractivity contribution is -0.141. The van der Waals surface area contributed by atoms with Crippen molar-refractivity contribution < 1.29 is 19.1 Å². The summed E-state index contributed by atoms with van der Waals surface area (Å²) in [6.45, 7) is 2.75. The van der Waals surface area contributed by atoms with Gasteiger partial charge in [-0.3, -0.25) is 9.59 Å². The third-order valence-corrected chi connectivity index (χ3v) is 5.88. The van der Waals surface area contributed by atoms with Gasteiger partial charge in [0.25, 0.3) is 0 Å². The van der Waals surface area contributed by atoms with Crippen LogP contribution in [-0.2, 0) is 22.7 Å². The summed E-state index contributed by atoms with van der Waals surface area (Å²) in [7, 11) is 0. The number of benzene rings is 3. The Morgan fingerprint density at radius 3 is 2.41 bits per heavy atom. The first-order valence-electron chi connectivity index (χ1n) is 11.3. The SMILES string of the molecule is CCCC(=O)N(Cc1ccc(Cl)cc1)[C@@H](C(=O)NCc1ccc2c(c1)OCO2)c1ccccc1. The van der Waals surface area contributed by atoms with E-state index in [0.717, 1.165) is 16.7 Å². The van der Waals surface area contributed by atoms with E-state index in [9.17, 15) is 9.59 Å². The van der Waals surface area contributed by atoms with Gasteiger partial charge in [-0.05, 0) is 47.4 Å². The van der Waals surface area contributed by atoms with Crippen molar-refractivity contribution in [3.63, 3.8) is 0 Å². The molecule has 34 heavy (non-hydrogen) atoms. The molecule has 3 aromatic carbocycles. The van der Waals surface area contributed by atoms with Gasteiger partial charge in [-0.15, -0.1) is 0 Å². The van der Waals surface area contributed by atoms with E-state index >= 15 is 0 Å². The van der Waals surface area contributed by atoms with Crippen molar-refractivity contribution in [3.05, 3.63) is 94.5 Å². The van der Waals surface area contributed by atoms with E-state index < -0.39 is 6.04 Å². The van der Waals surface area contributed by atoms with Gasteiger partial charge in [0, 0.05) is 24.5 Å². The molecule has 3 aromatic rings. The monoisotopic (exact) mass is 478 g/mol. The Morgan fingerprint density at radius 1 is 0.971 bits per heavy atom. The average Bonchev–Trinajstić information content (AvgIpc) is 3.32. The highest BCUT2D eigenvalue weighted by molar-refractivity contribution is 6.30. The zero-order valence-electron chi connectivity index (χ0n) is 19.0. The molecule has 1 heterocycles. The maximum absolute atomic E-state index is 13.6. The molecular weight excluding hydrogens is 452 g/mol. The predicted molar refractivity (Wildman–Crippen MR) is 131 cm³/mol. The fourth-order valence-corrected chi connectivity index (χ4v) is 4.04. The molecule has 0 radical (unpaired) electrons. The Labute approximate surface area is 204 Å². The molecule has 0 saturated carbocycles. The fourth-order valence-electron chi connectivity index (χ4n) is 3.91. The van der Waals surface area contributed by atoms with Gasteiger partial charge in [0.15, 0.2) is 11.5 Å². The number of carbonyl (C=O) groups excluding carboxylic acids is 2. The van der Waals surface area contributed by atoms with Crippen molar-refractivity contribution in [1.82, 2.24) is 10.2 Å². The number of rotatable bonds is 9. The Balaban J connectivity index is 1.60. The second-order valence-electron chi connectivity index (χ2n) is 8.12. The standard InChI is InChI=1S/C27H27ClN2O4/c1-2-6-25(31)30(17-19-9-12-22(28)13-10-19)26(21-7-4-3-5-8-21)27(32)29-16-20-11-14-23-24(15-20)34-18-33-23/h3-5,7-15,26H,2,6,16-18H2,1H3,(H,29,32)/t26-/m1/s1. The van der Waals surface area contributed by atoms with Crippen molar-refractivity contribution in [1.29, 1.82) is 0 Å². The van der Waals surface area contributed by atoms with Gasteiger partial charge in [-0.1, -0.05) is 67.1 Å². The van der Waals surface area contributed by atoms with Crippen LogP contribution in [0.25, 0.3) is 0 Å².